The van der Waals surface area contributed by atoms with Gasteiger partial charge in [-0.25, -0.2) is 9.78 Å². The maximum atomic E-state index is 12.0. The van der Waals surface area contributed by atoms with E-state index in [0.29, 0.717) is 21.8 Å². The second kappa shape index (κ2) is 6.03. The van der Waals surface area contributed by atoms with Crippen LogP contribution in [0, 0.1) is 5.92 Å². The summed E-state index contributed by atoms with van der Waals surface area (Å²) in [6.45, 7) is 2.25. The van der Waals surface area contributed by atoms with E-state index in [2.05, 4.69) is 22.5 Å². The van der Waals surface area contributed by atoms with Gasteiger partial charge in [0.2, 0.25) is 0 Å². The Morgan fingerprint density at radius 1 is 1.33 bits per heavy atom. The van der Waals surface area contributed by atoms with E-state index in [0.717, 1.165) is 18.5 Å². The molecule has 1 aliphatic carbocycles. The molecule has 2 N–H and O–H groups in total. The van der Waals surface area contributed by atoms with Crippen molar-refractivity contribution in [2.75, 3.05) is 10.6 Å². The Morgan fingerprint density at radius 3 is 2.86 bits per heavy atom. The van der Waals surface area contributed by atoms with Gasteiger partial charge in [-0.2, -0.15) is 0 Å². The monoisotopic (exact) mass is 321 g/mol. The Balaban J connectivity index is 1.64. The largest absolute Gasteiger partial charge is 0.325 e. The Hall–Kier alpha value is -1.59. The fourth-order valence-corrected chi connectivity index (χ4v) is 3.68. The molecule has 1 aliphatic rings. The number of urea groups is 1. The lowest BCUT2D eigenvalue weighted by molar-refractivity contribution is 0.262. The highest BCUT2D eigenvalue weighted by Gasteiger charge is 2.20. The van der Waals surface area contributed by atoms with Gasteiger partial charge < -0.3 is 5.32 Å². The van der Waals surface area contributed by atoms with Gasteiger partial charge in [-0.05, 0) is 49.4 Å². The molecule has 1 aromatic heterocycles. The van der Waals surface area contributed by atoms with E-state index in [1.54, 1.807) is 35.6 Å². The highest BCUT2D eigenvalue weighted by molar-refractivity contribution is 7.15. The summed E-state index contributed by atoms with van der Waals surface area (Å²) < 4.78 is 0. The van der Waals surface area contributed by atoms with Crippen LogP contribution < -0.4 is 10.6 Å². The molecule has 1 atom stereocenters. The van der Waals surface area contributed by atoms with E-state index < -0.39 is 0 Å². The van der Waals surface area contributed by atoms with E-state index in [4.69, 9.17) is 11.6 Å². The smallest absolute Gasteiger partial charge is 0.308 e. The molecule has 0 aliphatic heterocycles. The zero-order valence-electron chi connectivity index (χ0n) is 11.6. The van der Waals surface area contributed by atoms with Gasteiger partial charge in [-0.3, -0.25) is 5.32 Å². The third kappa shape index (κ3) is 3.54. The number of aryl methyl sites for hydroxylation is 1. The van der Waals surface area contributed by atoms with Crippen molar-refractivity contribution in [3.8, 4) is 0 Å². The van der Waals surface area contributed by atoms with Crippen LogP contribution in [0.15, 0.2) is 24.3 Å². The van der Waals surface area contributed by atoms with Gasteiger partial charge in [0.05, 0.1) is 5.69 Å². The van der Waals surface area contributed by atoms with Crippen molar-refractivity contribution < 1.29 is 4.79 Å². The predicted octanol–water partition coefficient (Wildman–Crippen LogP) is 4.57. The zero-order chi connectivity index (χ0) is 14.8. The maximum Gasteiger partial charge on any atom is 0.325 e. The molecule has 0 spiro atoms. The van der Waals surface area contributed by atoms with Crippen LogP contribution in [-0.4, -0.2) is 11.0 Å². The molecule has 21 heavy (non-hydrogen) atoms. The normalized spacial score (nSPS) is 17.1. The molecule has 4 nitrogen and oxygen atoms in total. The summed E-state index contributed by atoms with van der Waals surface area (Å²) >= 11 is 7.39. The summed E-state index contributed by atoms with van der Waals surface area (Å²) in [6.07, 6.45) is 3.24. The highest BCUT2D eigenvalue weighted by Crippen LogP contribution is 2.32. The molecule has 2 aromatic rings. The number of carbonyl (C=O) groups excluding carboxylic acids is 1. The van der Waals surface area contributed by atoms with Crippen LogP contribution in [0.25, 0.3) is 0 Å². The number of aromatic nitrogens is 1. The predicted molar refractivity (Wildman–Crippen MR) is 87.4 cm³/mol. The van der Waals surface area contributed by atoms with E-state index in [1.807, 2.05) is 0 Å². The van der Waals surface area contributed by atoms with Crippen LogP contribution >= 0.6 is 22.9 Å². The second-order valence-electron chi connectivity index (χ2n) is 5.32. The van der Waals surface area contributed by atoms with Crippen molar-refractivity contribution in [3.63, 3.8) is 0 Å². The number of anilines is 2. The minimum Gasteiger partial charge on any atom is -0.308 e. The number of thiazole rings is 1. The number of halogens is 1. The number of hydrogen-bond donors (Lipinski definition) is 2. The molecular weight excluding hydrogens is 306 g/mol. The number of nitrogens with zero attached hydrogens (tertiary/aromatic N) is 1. The van der Waals surface area contributed by atoms with Gasteiger partial charge in [-0.15, -0.1) is 11.3 Å². The molecule has 0 radical (unpaired) electrons. The SMILES string of the molecule is C[C@H]1CCc2nc(NC(=O)Nc3ccc(Cl)cc3)sc2C1. The minimum atomic E-state index is -0.281. The molecule has 0 fully saturated rings. The third-order valence-corrected chi connectivity index (χ3v) is 4.80. The van der Waals surface area contributed by atoms with Gasteiger partial charge in [0.15, 0.2) is 5.13 Å². The van der Waals surface area contributed by atoms with Crippen LogP contribution in [0.4, 0.5) is 15.6 Å². The molecule has 2 amide bonds. The summed E-state index contributed by atoms with van der Waals surface area (Å²) in [4.78, 5) is 17.8. The van der Waals surface area contributed by atoms with Crippen molar-refractivity contribution in [2.24, 2.45) is 5.92 Å². The van der Waals surface area contributed by atoms with Crippen LogP contribution in [0.3, 0.4) is 0 Å². The molecule has 0 saturated heterocycles. The average molecular weight is 322 g/mol. The van der Waals surface area contributed by atoms with Gasteiger partial charge in [0.1, 0.15) is 0 Å². The van der Waals surface area contributed by atoms with Crippen LogP contribution in [0.2, 0.25) is 5.02 Å². The first-order chi connectivity index (χ1) is 10.1. The van der Waals surface area contributed by atoms with Crippen molar-refractivity contribution in [1.29, 1.82) is 0 Å². The molecule has 0 saturated carbocycles. The summed E-state index contributed by atoms with van der Waals surface area (Å²) in [6, 6.07) is 6.71. The van der Waals surface area contributed by atoms with Crippen LogP contribution in [-0.2, 0) is 12.8 Å². The lowest BCUT2D eigenvalue weighted by Crippen LogP contribution is -2.19. The summed E-state index contributed by atoms with van der Waals surface area (Å²) in [7, 11) is 0. The first kappa shape index (κ1) is 14.4. The Bertz CT molecular complexity index is 653. The van der Waals surface area contributed by atoms with E-state index >= 15 is 0 Å². The number of rotatable bonds is 2. The zero-order valence-corrected chi connectivity index (χ0v) is 13.2. The molecule has 1 aromatic carbocycles. The standard InChI is InChI=1S/C15H16ClN3OS/c1-9-2-7-12-13(8-9)21-15(18-12)19-14(20)17-11-5-3-10(16)4-6-11/h3-6,9H,2,7-8H2,1H3,(H2,17,18,19,20)/t9-/m0/s1. The fourth-order valence-electron chi connectivity index (χ4n) is 2.39. The first-order valence-electron chi connectivity index (χ1n) is 6.92. The molecule has 6 heteroatoms. The quantitative estimate of drug-likeness (QED) is 0.851. The van der Waals surface area contributed by atoms with E-state index in [1.165, 1.54) is 11.3 Å². The Kier molecular flexibility index (Phi) is 4.12. The van der Waals surface area contributed by atoms with Gasteiger partial charge in [0, 0.05) is 15.6 Å². The number of carbonyl (C=O) groups is 1. The van der Waals surface area contributed by atoms with Crippen molar-refractivity contribution in [3.05, 3.63) is 39.9 Å². The van der Waals surface area contributed by atoms with Crippen molar-refractivity contribution >= 4 is 39.8 Å². The van der Waals surface area contributed by atoms with Crippen molar-refractivity contribution in [1.82, 2.24) is 4.98 Å². The molecule has 0 unspecified atom stereocenters. The van der Waals surface area contributed by atoms with Gasteiger partial charge >= 0.3 is 6.03 Å². The average Bonchev–Trinajstić information content (AvgIpc) is 2.82. The van der Waals surface area contributed by atoms with E-state index in [-0.39, 0.29) is 6.03 Å². The molecule has 1 heterocycles. The number of amides is 2. The molecular formula is C15H16ClN3OS. The number of nitrogens with one attached hydrogen (secondary N) is 2. The highest BCUT2D eigenvalue weighted by atomic mass is 35.5. The lowest BCUT2D eigenvalue weighted by atomic mass is 9.93. The minimum absolute atomic E-state index is 0.281. The molecule has 0 bridgehead atoms. The summed E-state index contributed by atoms with van der Waals surface area (Å²) in [5.74, 6) is 0.702. The van der Waals surface area contributed by atoms with Gasteiger partial charge in [0.25, 0.3) is 0 Å². The number of fused-ring (bicyclic) bond motifs is 1. The first-order valence-corrected chi connectivity index (χ1v) is 8.12. The third-order valence-electron chi connectivity index (χ3n) is 3.51. The number of benzene rings is 1. The fraction of sp³-hybridized carbons (Fsp3) is 0.333. The number of hydrogen-bond acceptors (Lipinski definition) is 3. The Labute approximate surface area is 132 Å². The second-order valence-corrected chi connectivity index (χ2v) is 6.84. The van der Waals surface area contributed by atoms with Crippen LogP contribution in [0.1, 0.15) is 23.9 Å². The summed E-state index contributed by atoms with van der Waals surface area (Å²) in [5, 5.41) is 6.87. The maximum absolute atomic E-state index is 12.0. The summed E-state index contributed by atoms with van der Waals surface area (Å²) in [5.41, 5.74) is 1.84. The topological polar surface area (TPSA) is 54.0 Å². The van der Waals surface area contributed by atoms with Crippen LogP contribution in [0.5, 0.6) is 0 Å². The van der Waals surface area contributed by atoms with Crippen molar-refractivity contribution in [2.45, 2.75) is 26.2 Å². The Morgan fingerprint density at radius 2 is 2.10 bits per heavy atom. The lowest BCUT2D eigenvalue weighted by Gasteiger charge is -2.15. The molecule has 3 rings (SSSR count). The van der Waals surface area contributed by atoms with E-state index in [9.17, 15) is 4.79 Å². The van der Waals surface area contributed by atoms with Gasteiger partial charge in [-0.1, -0.05) is 18.5 Å². The molecule has 110 valence electrons.